The van der Waals surface area contributed by atoms with Crippen LogP contribution in [0, 0.1) is 36.5 Å². The minimum Gasteiger partial charge on any atom is -0.386 e. The lowest BCUT2D eigenvalue weighted by molar-refractivity contribution is 0.0951. The molecule has 0 saturated heterocycles. The number of aliphatic hydroxyl groups is 1. The molecule has 2 atom stereocenters. The Balaban J connectivity index is 1.56. The summed E-state index contributed by atoms with van der Waals surface area (Å²) in [5.74, 6) is 2.03. The van der Waals surface area contributed by atoms with Gasteiger partial charge in [-0.05, 0) is 70.4 Å². The lowest BCUT2D eigenvalue weighted by Gasteiger charge is -2.35. The summed E-state index contributed by atoms with van der Waals surface area (Å²) >= 11 is 0. The number of hydrogen-bond donors (Lipinski definition) is 2. The Kier molecular flexibility index (Phi) is 6.71. The first-order valence-electron chi connectivity index (χ1n) is 12.3. The molecule has 2 unspecified atom stereocenters. The molecule has 0 bridgehead atoms. The maximum atomic E-state index is 12.9. The molecule has 1 amide bonds. The highest BCUT2D eigenvalue weighted by atomic mass is 16.3. The third-order valence-electron chi connectivity index (χ3n) is 7.37. The fraction of sp³-hybridized carbons (Fsp3) is 0.536. The average Bonchev–Trinajstić information content (AvgIpc) is 2.77. The van der Waals surface area contributed by atoms with Crippen molar-refractivity contribution >= 4 is 12.1 Å². The molecule has 1 fully saturated rings. The topological polar surface area (TPSA) is 74.6 Å². The summed E-state index contributed by atoms with van der Waals surface area (Å²) in [5.41, 5.74) is 2.63. The highest BCUT2D eigenvalue weighted by molar-refractivity contribution is 5.94. The number of nitrogens with one attached hydrogen (secondary N) is 1. The summed E-state index contributed by atoms with van der Waals surface area (Å²) < 4.78 is 0. The van der Waals surface area contributed by atoms with Gasteiger partial charge in [0.15, 0.2) is 0 Å². The molecule has 2 heterocycles. The van der Waals surface area contributed by atoms with Crippen molar-refractivity contribution in [3.63, 3.8) is 0 Å². The van der Waals surface area contributed by atoms with E-state index in [1.165, 1.54) is 31.4 Å². The normalized spacial score (nSPS) is 27.4. The van der Waals surface area contributed by atoms with E-state index in [1.54, 1.807) is 19.9 Å². The average molecular weight is 448 g/mol. The molecule has 0 spiro atoms. The van der Waals surface area contributed by atoms with Gasteiger partial charge < -0.3 is 10.4 Å². The number of amides is 1. The van der Waals surface area contributed by atoms with E-state index < -0.39 is 5.60 Å². The molecule has 4 rings (SSSR count). The highest BCUT2D eigenvalue weighted by Gasteiger charge is 2.34. The fourth-order valence-corrected chi connectivity index (χ4v) is 5.32. The van der Waals surface area contributed by atoms with Crippen molar-refractivity contribution < 1.29 is 9.90 Å². The summed E-state index contributed by atoms with van der Waals surface area (Å²) in [6, 6.07) is 5.41. The van der Waals surface area contributed by atoms with Gasteiger partial charge in [-0.25, -0.2) is 4.98 Å². The number of carbonyl (C=O) groups excluding carboxylic acids is 1. The Bertz CT molecular complexity index is 1020. The third-order valence-corrected chi connectivity index (χ3v) is 7.37. The molecule has 0 radical (unpaired) electrons. The summed E-state index contributed by atoms with van der Waals surface area (Å²) in [4.78, 5) is 22.1. The summed E-state index contributed by atoms with van der Waals surface area (Å²) in [7, 11) is 0. The van der Waals surface area contributed by atoms with Crippen LogP contribution in [0.2, 0.25) is 0 Å². The Hall–Kier alpha value is -2.53. The van der Waals surface area contributed by atoms with Crippen LogP contribution in [-0.4, -0.2) is 27.8 Å². The van der Waals surface area contributed by atoms with Crippen LogP contribution in [0.4, 0.5) is 0 Å². The SMILES string of the molecule is Cc1cccc(C(=O)NC2=CC3C=C(C4CCC(C(C)C)CC4)N=CC3C=C2C(C)(C)O)n1. The van der Waals surface area contributed by atoms with Gasteiger partial charge in [-0.15, -0.1) is 0 Å². The Labute approximate surface area is 197 Å². The molecular weight excluding hydrogens is 410 g/mol. The third kappa shape index (κ3) is 5.35. The van der Waals surface area contributed by atoms with Crippen LogP contribution < -0.4 is 5.32 Å². The van der Waals surface area contributed by atoms with Crippen molar-refractivity contribution in [1.29, 1.82) is 0 Å². The number of fused-ring (bicyclic) bond motifs is 1. The van der Waals surface area contributed by atoms with Crippen LogP contribution in [0.15, 0.2) is 58.4 Å². The van der Waals surface area contributed by atoms with Gasteiger partial charge in [0.2, 0.25) is 0 Å². The second kappa shape index (κ2) is 9.38. The lowest BCUT2D eigenvalue weighted by atomic mass is 9.74. The van der Waals surface area contributed by atoms with Crippen LogP contribution in [0.1, 0.15) is 69.6 Å². The van der Waals surface area contributed by atoms with Gasteiger partial charge in [-0.2, -0.15) is 0 Å². The number of allylic oxidation sites excluding steroid dienone is 4. The van der Waals surface area contributed by atoms with Gasteiger partial charge in [0, 0.05) is 46.6 Å². The number of carbonyl (C=O) groups is 1. The Morgan fingerprint density at radius 2 is 1.82 bits per heavy atom. The van der Waals surface area contributed by atoms with E-state index in [4.69, 9.17) is 4.99 Å². The zero-order chi connectivity index (χ0) is 23.8. The summed E-state index contributed by atoms with van der Waals surface area (Å²) in [6.07, 6.45) is 13.4. The van der Waals surface area contributed by atoms with Crippen LogP contribution >= 0.6 is 0 Å². The van der Waals surface area contributed by atoms with Gasteiger partial charge in [-0.3, -0.25) is 9.79 Å². The van der Waals surface area contributed by atoms with Crippen molar-refractivity contribution in [2.45, 2.75) is 65.9 Å². The highest BCUT2D eigenvalue weighted by Crippen LogP contribution is 2.41. The molecule has 1 aliphatic heterocycles. The Morgan fingerprint density at radius 1 is 1.09 bits per heavy atom. The first kappa shape index (κ1) is 23.6. The second-order valence-corrected chi connectivity index (χ2v) is 10.7. The maximum absolute atomic E-state index is 12.9. The van der Waals surface area contributed by atoms with Crippen molar-refractivity contribution in [3.8, 4) is 0 Å². The predicted octanol–water partition coefficient (Wildman–Crippen LogP) is 5.38. The maximum Gasteiger partial charge on any atom is 0.274 e. The van der Waals surface area contributed by atoms with Crippen molar-refractivity contribution in [2.24, 2.45) is 34.6 Å². The first-order chi connectivity index (χ1) is 15.6. The fourth-order valence-electron chi connectivity index (χ4n) is 5.32. The molecule has 5 nitrogen and oxygen atoms in total. The first-order valence-corrected chi connectivity index (χ1v) is 12.3. The van der Waals surface area contributed by atoms with Crippen molar-refractivity contribution in [2.75, 3.05) is 0 Å². The van der Waals surface area contributed by atoms with E-state index in [-0.39, 0.29) is 17.7 Å². The minimum atomic E-state index is -1.09. The zero-order valence-electron chi connectivity index (χ0n) is 20.5. The molecule has 1 aromatic heterocycles. The number of pyridine rings is 1. The number of aromatic nitrogens is 1. The van der Waals surface area contributed by atoms with Gasteiger partial charge in [0.1, 0.15) is 5.69 Å². The van der Waals surface area contributed by atoms with E-state index in [2.05, 4.69) is 42.4 Å². The number of rotatable bonds is 5. The van der Waals surface area contributed by atoms with Crippen molar-refractivity contribution in [3.05, 3.63) is 64.8 Å². The van der Waals surface area contributed by atoms with E-state index in [0.29, 0.717) is 22.9 Å². The van der Waals surface area contributed by atoms with Crippen LogP contribution in [0.5, 0.6) is 0 Å². The van der Waals surface area contributed by atoms with Crippen molar-refractivity contribution in [1.82, 2.24) is 10.3 Å². The predicted molar refractivity (Wildman–Crippen MR) is 133 cm³/mol. The van der Waals surface area contributed by atoms with Gasteiger partial charge in [0.05, 0.1) is 5.60 Å². The lowest BCUT2D eigenvalue weighted by Crippen LogP contribution is -2.36. The summed E-state index contributed by atoms with van der Waals surface area (Å²) in [6.45, 7) is 10.0. The molecule has 2 aliphatic carbocycles. The quantitative estimate of drug-likeness (QED) is 0.636. The van der Waals surface area contributed by atoms with Gasteiger partial charge >= 0.3 is 0 Å². The summed E-state index contributed by atoms with van der Waals surface area (Å²) in [5, 5.41) is 13.8. The number of aliphatic imine (C=N–C) groups is 1. The number of hydrogen-bond acceptors (Lipinski definition) is 4. The number of nitrogens with zero attached hydrogens (tertiary/aromatic N) is 2. The molecular formula is C28H37N3O2. The molecule has 1 saturated carbocycles. The van der Waals surface area contributed by atoms with E-state index in [0.717, 1.165) is 17.5 Å². The van der Waals surface area contributed by atoms with Gasteiger partial charge in [-0.1, -0.05) is 38.1 Å². The molecule has 33 heavy (non-hydrogen) atoms. The molecule has 5 heteroatoms. The smallest absolute Gasteiger partial charge is 0.274 e. The monoisotopic (exact) mass is 447 g/mol. The largest absolute Gasteiger partial charge is 0.386 e. The molecule has 0 aromatic carbocycles. The molecule has 176 valence electrons. The standard InChI is InChI=1S/C28H37N3O2/c1-17(2)19-9-11-20(12-10-19)25-14-21-15-26(23(28(4,5)33)13-22(21)16-29-25)31-27(32)24-8-6-7-18(3)30-24/h6-8,13-17,19-22,33H,9-12H2,1-5H3,(H,31,32). The molecule has 1 aromatic rings. The van der Waals surface area contributed by atoms with E-state index in [9.17, 15) is 9.90 Å². The molecule has 2 N–H and O–H groups in total. The number of aryl methyl sites for hydroxylation is 1. The zero-order valence-corrected chi connectivity index (χ0v) is 20.5. The second-order valence-electron chi connectivity index (χ2n) is 10.7. The Morgan fingerprint density at radius 3 is 2.45 bits per heavy atom. The van der Waals surface area contributed by atoms with Crippen LogP contribution in [-0.2, 0) is 0 Å². The molecule has 3 aliphatic rings. The van der Waals surface area contributed by atoms with Crippen LogP contribution in [0.3, 0.4) is 0 Å². The van der Waals surface area contributed by atoms with E-state index in [1.807, 2.05) is 25.3 Å². The van der Waals surface area contributed by atoms with Crippen LogP contribution in [0.25, 0.3) is 0 Å². The minimum absolute atomic E-state index is 0.0833. The van der Waals surface area contributed by atoms with E-state index >= 15 is 0 Å². The van der Waals surface area contributed by atoms with Gasteiger partial charge in [0.25, 0.3) is 5.91 Å².